The highest BCUT2D eigenvalue weighted by Crippen LogP contribution is 2.32. The zero-order valence-corrected chi connectivity index (χ0v) is 32.1. The molecule has 5 rings (SSSR count). The topological polar surface area (TPSA) is 300 Å². The molecule has 0 radical (unpaired) electrons. The molecule has 24 heteroatoms. The monoisotopic (exact) mass is 878 g/mol. The van der Waals surface area contributed by atoms with Crippen LogP contribution in [0.2, 0.25) is 0 Å². The molecule has 0 aliphatic heterocycles. The minimum Gasteiger partial charge on any atom is -0.282 e. The Kier molecular flexibility index (Phi) is 10.4. The highest BCUT2D eigenvalue weighted by Gasteiger charge is 2.29. The largest absolute Gasteiger partial charge is 0.294 e. The predicted octanol–water partition coefficient (Wildman–Crippen LogP) is 2.76. The molecule has 17 nitrogen and oxygen atoms in total. The molecule has 0 bridgehead atoms. The van der Waals surface area contributed by atoms with Crippen molar-refractivity contribution in [3.05, 3.63) is 115 Å². The summed E-state index contributed by atoms with van der Waals surface area (Å²) >= 11 is 0. The minimum absolute atomic E-state index is 0.429. The van der Waals surface area contributed by atoms with Crippen molar-refractivity contribution in [2.75, 3.05) is 0 Å². The lowest BCUT2D eigenvalue weighted by Gasteiger charge is -2.12. The molecule has 286 valence electrons. The van der Waals surface area contributed by atoms with Gasteiger partial charge in [0.1, 0.15) is 0 Å². The first kappa shape index (κ1) is 40.8. The molecular formula is C30H22O17S7. The van der Waals surface area contributed by atoms with Crippen molar-refractivity contribution >= 4 is 69.7 Å². The van der Waals surface area contributed by atoms with E-state index < -0.39 is 124 Å². The molecule has 0 spiro atoms. The molecule has 0 aromatic heterocycles. The highest BCUT2D eigenvalue weighted by atomic mass is 32.2. The van der Waals surface area contributed by atoms with Gasteiger partial charge in [-0.15, -0.1) is 0 Å². The smallest absolute Gasteiger partial charge is 0.282 e. The van der Waals surface area contributed by atoms with Crippen LogP contribution in [-0.4, -0.2) is 72.6 Å². The van der Waals surface area contributed by atoms with E-state index in [-0.39, 0.29) is 0 Å². The maximum absolute atomic E-state index is 13.6. The van der Waals surface area contributed by atoms with E-state index in [2.05, 4.69) is 0 Å². The Bertz CT molecular complexity index is 2910. The quantitative estimate of drug-likeness (QED) is 0.161. The zero-order chi connectivity index (χ0) is 40.3. The van der Waals surface area contributed by atoms with Crippen LogP contribution < -0.4 is 0 Å². The Labute approximate surface area is 309 Å². The molecular weight excluding hydrogens is 857 g/mol. The van der Waals surface area contributed by atoms with Crippen LogP contribution in [0.1, 0.15) is 0 Å². The normalized spacial score (nSPS) is 13.4. The molecule has 0 unspecified atom stereocenters. The third-order valence-electron chi connectivity index (χ3n) is 7.52. The van der Waals surface area contributed by atoms with Crippen LogP contribution in [0.15, 0.2) is 169 Å². The van der Waals surface area contributed by atoms with E-state index >= 15 is 0 Å². The number of sulfone groups is 4. The van der Waals surface area contributed by atoms with Crippen molar-refractivity contribution in [3.63, 3.8) is 0 Å². The van der Waals surface area contributed by atoms with Gasteiger partial charge in [-0.1, -0.05) is 0 Å². The molecule has 3 N–H and O–H groups in total. The van der Waals surface area contributed by atoms with Gasteiger partial charge >= 0.3 is 0 Å². The van der Waals surface area contributed by atoms with Gasteiger partial charge in [-0.25, -0.2) is 33.7 Å². The lowest BCUT2D eigenvalue weighted by molar-refractivity contribution is 0.480. The summed E-state index contributed by atoms with van der Waals surface area (Å²) in [5.74, 6) is 0. The third-order valence-corrected chi connectivity index (χ3v) is 17.2. The first-order chi connectivity index (χ1) is 24.7. The molecule has 0 amide bonds. The van der Waals surface area contributed by atoms with Crippen molar-refractivity contribution in [3.8, 4) is 0 Å². The summed E-state index contributed by atoms with van der Waals surface area (Å²) in [6.45, 7) is 0. The standard InChI is InChI=1S/C30H22O17S7/c31-48(32,22-9-13-26(14-10-22)52(39,40)41)20-1-5-24(6-2-20)50(35,36)28-17-29(19-30(18-28)54(45,46)47)51(37,38)25-7-3-21(4-8-25)49(33,34)23-11-15-27(16-12-23)53(42,43)44/h1-19H,(H,39,40,41)(H,42,43,44)(H,45,46,47). The third kappa shape index (κ3) is 8.02. The predicted molar refractivity (Wildman–Crippen MR) is 183 cm³/mol. The van der Waals surface area contributed by atoms with Gasteiger partial charge in [0.15, 0.2) is 0 Å². The summed E-state index contributed by atoms with van der Waals surface area (Å²) in [5.41, 5.74) is 0. The molecule has 0 aliphatic carbocycles. The lowest BCUT2D eigenvalue weighted by atomic mass is 10.3. The minimum atomic E-state index is -5.27. The maximum atomic E-state index is 13.6. The van der Waals surface area contributed by atoms with E-state index in [0.29, 0.717) is 18.2 Å². The van der Waals surface area contributed by atoms with E-state index in [4.69, 9.17) is 9.11 Å². The van der Waals surface area contributed by atoms with Crippen molar-refractivity contribution in [2.24, 2.45) is 0 Å². The van der Waals surface area contributed by atoms with Crippen LogP contribution in [0.4, 0.5) is 0 Å². The lowest BCUT2D eigenvalue weighted by Crippen LogP contribution is -2.10. The van der Waals surface area contributed by atoms with Gasteiger partial charge < -0.3 is 0 Å². The number of benzene rings is 5. The van der Waals surface area contributed by atoms with Gasteiger partial charge in [0, 0.05) is 0 Å². The number of hydrogen-bond acceptors (Lipinski definition) is 14. The Balaban J connectivity index is 1.51. The molecule has 5 aromatic carbocycles. The fourth-order valence-electron chi connectivity index (χ4n) is 4.73. The molecule has 0 fully saturated rings. The van der Waals surface area contributed by atoms with Gasteiger partial charge in [-0.2, -0.15) is 25.3 Å². The van der Waals surface area contributed by atoms with E-state index in [1.165, 1.54) is 0 Å². The van der Waals surface area contributed by atoms with Gasteiger partial charge in [0.05, 0.1) is 53.9 Å². The van der Waals surface area contributed by atoms with Crippen molar-refractivity contribution in [1.29, 1.82) is 0 Å². The Hall–Kier alpha value is -4.37. The molecule has 0 atom stereocenters. The number of hydrogen-bond donors (Lipinski definition) is 3. The van der Waals surface area contributed by atoms with Crippen LogP contribution in [0.25, 0.3) is 0 Å². The molecule has 54 heavy (non-hydrogen) atoms. The summed E-state index contributed by atoms with van der Waals surface area (Å²) in [6, 6.07) is 14.9. The summed E-state index contributed by atoms with van der Waals surface area (Å²) in [5, 5.41) is 0. The second-order valence-corrected chi connectivity index (χ2v) is 23.0. The van der Waals surface area contributed by atoms with Crippen LogP contribution >= 0.6 is 0 Å². The molecule has 0 aliphatic rings. The average Bonchev–Trinajstić information content (AvgIpc) is 3.10. The van der Waals surface area contributed by atoms with Gasteiger partial charge in [0.2, 0.25) is 39.3 Å². The van der Waals surface area contributed by atoms with Gasteiger partial charge in [-0.3, -0.25) is 13.7 Å². The Morgan fingerprint density at radius 3 is 0.556 bits per heavy atom. The van der Waals surface area contributed by atoms with Crippen LogP contribution in [0.5, 0.6) is 0 Å². The summed E-state index contributed by atoms with van der Waals surface area (Å²) in [7, 11) is -33.0. The van der Waals surface area contributed by atoms with Crippen molar-refractivity contribution < 1.29 is 72.6 Å². The first-order valence-electron chi connectivity index (χ1n) is 14.1. The Morgan fingerprint density at radius 2 is 0.370 bits per heavy atom. The van der Waals surface area contributed by atoms with Crippen molar-refractivity contribution in [1.82, 2.24) is 0 Å². The van der Waals surface area contributed by atoms with Crippen LogP contribution in [-0.2, 0) is 69.7 Å². The Morgan fingerprint density at radius 1 is 0.222 bits per heavy atom. The molecule has 0 saturated heterocycles. The molecule has 0 heterocycles. The zero-order valence-electron chi connectivity index (χ0n) is 26.4. The van der Waals surface area contributed by atoms with Crippen molar-refractivity contribution in [2.45, 2.75) is 53.9 Å². The summed E-state index contributed by atoms with van der Waals surface area (Å²) < 4.78 is 204. The fourth-order valence-corrected chi connectivity index (χ4v) is 11.6. The second-order valence-electron chi connectivity index (χ2n) is 11.0. The summed E-state index contributed by atoms with van der Waals surface area (Å²) in [6.07, 6.45) is 0. The first-order valence-corrected chi connectivity index (χ1v) is 24.4. The highest BCUT2D eigenvalue weighted by molar-refractivity contribution is 7.93. The van der Waals surface area contributed by atoms with E-state index in [1.54, 1.807) is 0 Å². The van der Waals surface area contributed by atoms with E-state index in [9.17, 15) is 63.5 Å². The number of rotatable bonds is 11. The SMILES string of the molecule is O=S(=O)(O)c1ccc(S(=O)(=O)c2ccc(S(=O)(=O)c3cc(S(=O)(=O)O)cc(S(=O)(=O)c4ccc(S(=O)(=O)c5ccc(S(=O)(=O)O)cc5)cc4)c3)cc2)cc1. The van der Waals surface area contributed by atoms with Gasteiger partial charge in [0.25, 0.3) is 30.4 Å². The average molecular weight is 879 g/mol. The fraction of sp³-hybridized carbons (Fsp3) is 0. The van der Waals surface area contributed by atoms with Crippen LogP contribution in [0, 0.1) is 0 Å². The van der Waals surface area contributed by atoms with E-state index in [0.717, 1.165) is 97.1 Å². The maximum Gasteiger partial charge on any atom is 0.294 e. The summed E-state index contributed by atoms with van der Waals surface area (Å²) in [4.78, 5) is -7.41. The molecule has 0 saturated carbocycles. The van der Waals surface area contributed by atoms with Crippen LogP contribution in [0.3, 0.4) is 0 Å². The molecule has 5 aromatic rings. The van der Waals surface area contributed by atoms with Gasteiger partial charge in [-0.05, 0) is 115 Å². The van der Waals surface area contributed by atoms with E-state index in [1.807, 2.05) is 0 Å². The second kappa shape index (κ2) is 13.7.